The maximum Gasteiger partial charge on any atom is 0.435 e. The van der Waals surface area contributed by atoms with E-state index in [1.165, 1.54) is 24.2 Å². The highest BCUT2D eigenvalue weighted by atomic mass is 32.2. The largest absolute Gasteiger partial charge is 0.435 e. The average molecular weight is 347 g/mol. The second-order valence-electron chi connectivity index (χ2n) is 4.25. The number of imidazole rings is 1. The van der Waals surface area contributed by atoms with Gasteiger partial charge in [-0.15, -0.1) is 0 Å². The van der Waals surface area contributed by atoms with E-state index in [2.05, 4.69) is 28.2 Å². The molecule has 1 heterocycles. The van der Waals surface area contributed by atoms with E-state index in [-0.39, 0.29) is 18.2 Å². The predicted octanol–water partition coefficient (Wildman–Crippen LogP) is 0.0327. The number of nitro groups is 1. The molecule has 0 fully saturated rings. The van der Waals surface area contributed by atoms with Crippen molar-refractivity contribution in [3.8, 4) is 0 Å². The lowest BCUT2D eigenvalue weighted by Crippen LogP contribution is -2.47. The lowest BCUT2D eigenvalue weighted by Gasteiger charge is -2.15. The van der Waals surface area contributed by atoms with Gasteiger partial charge in [-0.2, -0.15) is 24.4 Å². The number of carbonyl (C=O) groups excluding carboxylic acids is 2. The first-order valence-corrected chi connectivity index (χ1v) is 8.15. The lowest BCUT2D eigenvalue weighted by molar-refractivity contribution is -0.396. The van der Waals surface area contributed by atoms with Crippen LogP contribution in [0.1, 0.15) is 6.92 Å². The fourth-order valence-electron chi connectivity index (χ4n) is 1.59. The molecule has 122 valence electrons. The minimum absolute atomic E-state index is 0.201. The van der Waals surface area contributed by atoms with Gasteiger partial charge >= 0.3 is 5.95 Å². The van der Waals surface area contributed by atoms with Gasteiger partial charge in [-0.1, -0.05) is 4.98 Å². The van der Waals surface area contributed by atoms with Gasteiger partial charge in [0.05, 0.1) is 11.9 Å². The average Bonchev–Trinajstić information content (AvgIpc) is 2.86. The molecule has 0 bridgehead atoms. The van der Waals surface area contributed by atoms with Crippen molar-refractivity contribution in [1.82, 2.24) is 20.2 Å². The first-order valence-electron chi connectivity index (χ1n) is 6.37. The molecular formula is C11H17N5O4S2. The van der Waals surface area contributed by atoms with Crippen molar-refractivity contribution in [2.75, 3.05) is 17.3 Å². The summed E-state index contributed by atoms with van der Waals surface area (Å²) in [4.78, 5) is 36.9. The van der Waals surface area contributed by atoms with Crippen LogP contribution in [0.3, 0.4) is 0 Å². The number of nitrogens with zero attached hydrogens (tertiary/aromatic N) is 3. The number of hydrogen-bond acceptors (Lipinski definition) is 7. The van der Waals surface area contributed by atoms with Crippen LogP contribution in [0, 0.1) is 10.1 Å². The van der Waals surface area contributed by atoms with E-state index in [0.29, 0.717) is 5.75 Å². The Labute approximate surface area is 136 Å². The lowest BCUT2D eigenvalue weighted by atomic mass is 10.4. The number of nitrogens with one attached hydrogen (secondary N) is 2. The topological polar surface area (TPSA) is 119 Å². The van der Waals surface area contributed by atoms with Crippen molar-refractivity contribution >= 4 is 42.2 Å². The molecule has 2 amide bonds. The van der Waals surface area contributed by atoms with Crippen LogP contribution in [0.25, 0.3) is 0 Å². The Kier molecular flexibility index (Phi) is 7.74. The fourth-order valence-corrected chi connectivity index (χ4v) is 2.52. The third-order valence-corrected chi connectivity index (χ3v) is 3.88. The van der Waals surface area contributed by atoms with Gasteiger partial charge in [0, 0.05) is 5.75 Å². The monoisotopic (exact) mass is 347 g/mol. The van der Waals surface area contributed by atoms with Crippen molar-refractivity contribution in [3.05, 3.63) is 22.5 Å². The fraction of sp³-hybridized carbons (Fsp3) is 0.545. The van der Waals surface area contributed by atoms with Gasteiger partial charge in [0.15, 0.2) is 6.54 Å². The predicted molar refractivity (Wildman–Crippen MR) is 85.8 cm³/mol. The number of amides is 2. The highest BCUT2D eigenvalue weighted by Gasteiger charge is 2.18. The molecule has 1 aromatic rings. The Balaban J connectivity index is 2.39. The molecule has 11 heteroatoms. The van der Waals surface area contributed by atoms with Crippen molar-refractivity contribution in [2.45, 2.75) is 19.6 Å². The summed E-state index contributed by atoms with van der Waals surface area (Å²) in [7, 11) is 0. The van der Waals surface area contributed by atoms with Crippen LogP contribution in [0.4, 0.5) is 5.95 Å². The van der Waals surface area contributed by atoms with Crippen LogP contribution in [0.2, 0.25) is 0 Å². The second kappa shape index (κ2) is 9.30. The van der Waals surface area contributed by atoms with Crippen molar-refractivity contribution in [3.63, 3.8) is 0 Å². The van der Waals surface area contributed by atoms with E-state index in [4.69, 9.17) is 0 Å². The summed E-state index contributed by atoms with van der Waals surface area (Å²) in [6, 6.07) is 0. The molecule has 1 atom stereocenters. The molecule has 0 saturated carbocycles. The van der Waals surface area contributed by atoms with Gasteiger partial charge in [0.1, 0.15) is 12.4 Å². The number of rotatable bonds is 9. The number of thiol groups is 1. The SMILES string of the molecule is CC(NC(=O)CSCCS)NC(=O)Cn1ccnc1[N+](=O)[O-]. The normalized spacial score (nSPS) is 11.7. The Morgan fingerprint density at radius 3 is 2.82 bits per heavy atom. The molecule has 0 aliphatic heterocycles. The summed E-state index contributed by atoms with van der Waals surface area (Å²) in [6.07, 6.45) is 2.02. The molecule has 9 nitrogen and oxygen atoms in total. The Bertz CT molecular complexity index is 536. The first kappa shape index (κ1) is 18.3. The Morgan fingerprint density at radius 1 is 1.50 bits per heavy atom. The molecule has 0 aromatic carbocycles. The van der Waals surface area contributed by atoms with Crippen LogP contribution in [-0.2, 0) is 16.1 Å². The van der Waals surface area contributed by atoms with Crippen LogP contribution >= 0.6 is 24.4 Å². The summed E-state index contributed by atoms with van der Waals surface area (Å²) in [5.41, 5.74) is 0. The highest BCUT2D eigenvalue weighted by Crippen LogP contribution is 2.06. The van der Waals surface area contributed by atoms with E-state index in [0.717, 1.165) is 10.3 Å². The summed E-state index contributed by atoms with van der Waals surface area (Å²) in [6.45, 7) is 1.37. The number of carbonyl (C=O) groups is 2. The maximum absolute atomic E-state index is 11.8. The van der Waals surface area contributed by atoms with Gasteiger partial charge in [-0.05, 0) is 17.6 Å². The molecular weight excluding hydrogens is 330 g/mol. The highest BCUT2D eigenvalue weighted by molar-refractivity contribution is 8.00. The standard InChI is InChI=1S/C11H17N5O4S2/c1-8(14-10(18)7-22-5-4-21)13-9(17)6-15-3-2-12-11(15)16(19)20/h2-3,8,21H,4-7H2,1H3,(H,13,17)(H,14,18). The summed E-state index contributed by atoms with van der Waals surface area (Å²) < 4.78 is 1.12. The van der Waals surface area contributed by atoms with E-state index in [1.807, 2.05) is 0 Å². The molecule has 0 aliphatic carbocycles. The van der Waals surface area contributed by atoms with Crippen molar-refractivity contribution in [2.24, 2.45) is 0 Å². The molecule has 1 aromatic heterocycles. The zero-order valence-electron chi connectivity index (χ0n) is 11.9. The summed E-state index contributed by atoms with van der Waals surface area (Å²) >= 11 is 5.48. The van der Waals surface area contributed by atoms with Crippen molar-refractivity contribution in [1.29, 1.82) is 0 Å². The molecule has 1 rings (SSSR count). The third-order valence-electron chi connectivity index (χ3n) is 2.39. The summed E-state index contributed by atoms with van der Waals surface area (Å²) in [5, 5.41) is 15.8. The van der Waals surface area contributed by atoms with Crippen LogP contribution in [0.5, 0.6) is 0 Å². The Morgan fingerprint density at radius 2 is 2.18 bits per heavy atom. The number of thioether (sulfide) groups is 1. The molecule has 0 radical (unpaired) electrons. The van der Waals surface area contributed by atoms with E-state index in [9.17, 15) is 19.7 Å². The van der Waals surface area contributed by atoms with Gasteiger partial charge < -0.3 is 20.7 Å². The smallest absolute Gasteiger partial charge is 0.390 e. The van der Waals surface area contributed by atoms with Gasteiger partial charge in [0.25, 0.3) is 5.91 Å². The maximum atomic E-state index is 11.8. The molecule has 0 spiro atoms. The van der Waals surface area contributed by atoms with E-state index in [1.54, 1.807) is 6.92 Å². The molecule has 22 heavy (non-hydrogen) atoms. The number of hydrogen-bond donors (Lipinski definition) is 3. The van der Waals surface area contributed by atoms with Gasteiger partial charge in [-0.25, -0.2) is 4.57 Å². The molecule has 1 unspecified atom stereocenters. The Hall–Kier alpha value is -1.75. The van der Waals surface area contributed by atoms with Gasteiger partial charge in [-0.3, -0.25) is 9.59 Å². The van der Waals surface area contributed by atoms with Crippen LogP contribution in [-0.4, -0.2) is 49.7 Å². The zero-order chi connectivity index (χ0) is 16.5. The summed E-state index contributed by atoms with van der Waals surface area (Å²) in [5.74, 6) is 0.670. The minimum atomic E-state index is -0.669. The van der Waals surface area contributed by atoms with Crippen LogP contribution < -0.4 is 10.6 Å². The van der Waals surface area contributed by atoms with Gasteiger partial charge in [0.2, 0.25) is 5.91 Å². The quantitative estimate of drug-likeness (QED) is 0.191. The first-order chi connectivity index (χ1) is 10.4. The number of aromatic nitrogens is 2. The van der Waals surface area contributed by atoms with Crippen LogP contribution in [0.15, 0.2) is 12.4 Å². The molecule has 2 N–H and O–H groups in total. The third kappa shape index (κ3) is 6.35. The molecule has 0 saturated heterocycles. The van der Waals surface area contributed by atoms with E-state index >= 15 is 0 Å². The minimum Gasteiger partial charge on any atom is -0.390 e. The van der Waals surface area contributed by atoms with Crippen molar-refractivity contribution < 1.29 is 14.5 Å². The van der Waals surface area contributed by atoms with E-state index < -0.39 is 22.9 Å². The molecule has 0 aliphatic rings. The zero-order valence-corrected chi connectivity index (χ0v) is 13.6. The second-order valence-corrected chi connectivity index (χ2v) is 5.80.